The Hall–Kier alpha value is -2.14. The standard InChI is InChI=1S/C22H26N2O2/c1-17-6-8-18(9-7-17)21(24-10-12-25-13-11-24)16-23-15-20-14-19-4-2-3-5-22(19)26-20/h2-9,14,21,23H,10-13,15-16H2,1H3. The molecule has 4 nitrogen and oxygen atoms in total. The Bertz CT molecular complexity index is 802. The first kappa shape index (κ1) is 17.3. The third-order valence-electron chi connectivity index (χ3n) is 5.06. The van der Waals surface area contributed by atoms with E-state index in [1.54, 1.807) is 0 Å². The fraction of sp³-hybridized carbons (Fsp3) is 0.364. The minimum absolute atomic E-state index is 0.351. The first-order chi connectivity index (χ1) is 12.8. The molecule has 1 aliphatic rings. The molecule has 3 aromatic rings. The monoisotopic (exact) mass is 350 g/mol. The smallest absolute Gasteiger partial charge is 0.134 e. The second kappa shape index (κ2) is 8.04. The minimum Gasteiger partial charge on any atom is -0.460 e. The number of morpholine rings is 1. The Morgan fingerprint density at radius 2 is 1.81 bits per heavy atom. The van der Waals surface area contributed by atoms with Gasteiger partial charge >= 0.3 is 0 Å². The molecular weight excluding hydrogens is 324 g/mol. The van der Waals surface area contributed by atoms with E-state index in [1.807, 2.05) is 18.2 Å². The molecule has 2 heterocycles. The number of fused-ring (bicyclic) bond motifs is 1. The predicted molar refractivity (Wildman–Crippen MR) is 104 cm³/mol. The van der Waals surface area contributed by atoms with E-state index in [9.17, 15) is 0 Å². The molecule has 1 aromatic heterocycles. The third-order valence-corrected chi connectivity index (χ3v) is 5.06. The zero-order chi connectivity index (χ0) is 17.8. The van der Waals surface area contributed by atoms with E-state index >= 15 is 0 Å². The molecule has 136 valence electrons. The molecule has 26 heavy (non-hydrogen) atoms. The van der Waals surface area contributed by atoms with Crippen LogP contribution in [0.15, 0.2) is 59.0 Å². The number of benzene rings is 2. The van der Waals surface area contributed by atoms with Crippen molar-refractivity contribution < 1.29 is 9.15 Å². The summed E-state index contributed by atoms with van der Waals surface area (Å²) < 4.78 is 11.5. The molecule has 1 fully saturated rings. The molecule has 0 radical (unpaired) electrons. The Kier molecular flexibility index (Phi) is 5.34. The maximum Gasteiger partial charge on any atom is 0.134 e. The van der Waals surface area contributed by atoms with E-state index in [4.69, 9.17) is 9.15 Å². The highest BCUT2D eigenvalue weighted by molar-refractivity contribution is 5.77. The van der Waals surface area contributed by atoms with Crippen LogP contribution in [-0.2, 0) is 11.3 Å². The van der Waals surface area contributed by atoms with E-state index in [-0.39, 0.29) is 0 Å². The van der Waals surface area contributed by atoms with Gasteiger partial charge in [0, 0.05) is 31.1 Å². The predicted octanol–water partition coefficient (Wildman–Crippen LogP) is 3.90. The van der Waals surface area contributed by atoms with E-state index in [2.05, 4.69) is 53.5 Å². The van der Waals surface area contributed by atoms with Gasteiger partial charge in [-0.1, -0.05) is 48.0 Å². The van der Waals surface area contributed by atoms with Gasteiger partial charge in [-0.15, -0.1) is 0 Å². The summed E-state index contributed by atoms with van der Waals surface area (Å²) in [5, 5.41) is 4.76. The lowest BCUT2D eigenvalue weighted by molar-refractivity contribution is 0.0160. The van der Waals surface area contributed by atoms with Gasteiger partial charge in [-0.2, -0.15) is 0 Å². The molecular formula is C22H26N2O2. The number of hydrogen-bond donors (Lipinski definition) is 1. The number of furan rings is 1. The number of rotatable bonds is 6. The lowest BCUT2D eigenvalue weighted by Crippen LogP contribution is -2.42. The van der Waals surface area contributed by atoms with E-state index in [0.29, 0.717) is 6.04 Å². The second-order valence-electron chi connectivity index (χ2n) is 6.96. The molecule has 0 aliphatic carbocycles. The molecule has 0 spiro atoms. The SMILES string of the molecule is Cc1ccc(C(CNCc2cc3ccccc3o2)N2CCOCC2)cc1. The van der Waals surface area contributed by atoms with Crippen LogP contribution >= 0.6 is 0 Å². The van der Waals surface area contributed by atoms with Crippen LogP contribution in [0.25, 0.3) is 11.0 Å². The van der Waals surface area contributed by atoms with Crippen LogP contribution in [-0.4, -0.2) is 37.7 Å². The van der Waals surface area contributed by atoms with Gasteiger partial charge in [-0.05, 0) is 24.6 Å². The van der Waals surface area contributed by atoms with Crippen LogP contribution in [0.5, 0.6) is 0 Å². The van der Waals surface area contributed by atoms with Crippen molar-refractivity contribution in [2.75, 3.05) is 32.8 Å². The normalized spacial score (nSPS) is 16.8. The quantitative estimate of drug-likeness (QED) is 0.731. The van der Waals surface area contributed by atoms with Crippen LogP contribution in [0, 0.1) is 6.92 Å². The topological polar surface area (TPSA) is 37.6 Å². The van der Waals surface area contributed by atoms with Crippen molar-refractivity contribution in [3.8, 4) is 0 Å². The summed E-state index contributed by atoms with van der Waals surface area (Å²) in [6.45, 7) is 7.34. The highest BCUT2D eigenvalue weighted by Crippen LogP contribution is 2.23. The Morgan fingerprint density at radius 1 is 1.04 bits per heavy atom. The van der Waals surface area contributed by atoms with E-state index in [1.165, 1.54) is 11.1 Å². The zero-order valence-corrected chi connectivity index (χ0v) is 15.3. The largest absolute Gasteiger partial charge is 0.460 e. The van der Waals surface area contributed by atoms with Crippen molar-refractivity contribution in [2.45, 2.75) is 19.5 Å². The number of nitrogens with one attached hydrogen (secondary N) is 1. The highest BCUT2D eigenvalue weighted by Gasteiger charge is 2.22. The minimum atomic E-state index is 0.351. The molecule has 1 aliphatic heterocycles. The van der Waals surface area contributed by atoms with Crippen molar-refractivity contribution in [1.82, 2.24) is 10.2 Å². The molecule has 4 rings (SSSR count). The molecule has 0 saturated carbocycles. The van der Waals surface area contributed by atoms with Gasteiger partial charge in [0.2, 0.25) is 0 Å². The Morgan fingerprint density at radius 3 is 2.58 bits per heavy atom. The number of para-hydroxylation sites is 1. The van der Waals surface area contributed by atoms with Crippen LogP contribution < -0.4 is 5.32 Å². The maximum absolute atomic E-state index is 5.92. The summed E-state index contributed by atoms with van der Waals surface area (Å²) in [4.78, 5) is 2.51. The summed E-state index contributed by atoms with van der Waals surface area (Å²) in [6, 6.07) is 19.5. The van der Waals surface area contributed by atoms with Crippen LogP contribution in [0.4, 0.5) is 0 Å². The van der Waals surface area contributed by atoms with Gasteiger partial charge < -0.3 is 14.5 Å². The van der Waals surface area contributed by atoms with Gasteiger partial charge in [0.1, 0.15) is 11.3 Å². The Balaban J connectivity index is 1.44. The van der Waals surface area contributed by atoms with Crippen molar-refractivity contribution in [3.05, 3.63) is 71.5 Å². The fourth-order valence-corrected chi connectivity index (χ4v) is 3.59. The van der Waals surface area contributed by atoms with Crippen molar-refractivity contribution in [1.29, 1.82) is 0 Å². The summed E-state index contributed by atoms with van der Waals surface area (Å²) in [5.41, 5.74) is 3.60. The number of hydrogen-bond acceptors (Lipinski definition) is 4. The fourth-order valence-electron chi connectivity index (χ4n) is 3.59. The zero-order valence-electron chi connectivity index (χ0n) is 15.3. The average molecular weight is 350 g/mol. The van der Waals surface area contributed by atoms with Gasteiger partial charge in [0.05, 0.1) is 19.8 Å². The lowest BCUT2D eigenvalue weighted by atomic mass is 10.0. The lowest BCUT2D eigenvalue weighted by Gasteiger charge is -2.35. The molecule has 0 amide bonds. The summed E-state index contributed by atoms with van der Waals surface area (Å²) in [6.07, 6.45) is 0. The first-order valence-corrected chi connectivity index (χ1v) is 9.36. The average Bonchev–Trinajstić information content (AvgIpc) is 3.10. The van der Waals surface area contributed by atoms with Crippen molar-refractivity contribution >= 4 is 11.0 Å². The van der Waals surface area contributed by atoms with Gasteiger partial charge in [0.25, 0.3) is 0 Å². The molecule has 1 N–H and O–H groups in total. The molecule has 0 bridgehead atoms. The maximum atomic E-state index is 5.92. The number of nitrogens with zero attached hydrogens (tertiary/aromatic N) is 1. The molecule has 1 atom stereocenters. The summed E-state index contributed by atoms with van der Waals surface area (Å²) >= 11 is 0. The van der Waals surface area contributed by atoms with Crippen molar-refractivity contribution in [3.63, 3.8) is 0 Å². The van der Waals surface area contributed by atoms with Gasteiger partial charge in [-0.25, -0.2) is 0 Å². The summed E-state index contributed by atoms with van der Waals surface area (Å²) in [7, 11) is 0. The second-order valence-corrected chi connectivity index (χ2v) is 6.96. The molecule has 4 heteroatoms. The first-order valence-electron chi connectivity index (χ1n) is 9.36. The Labute approximate surface area is 154 Å². The molecule has 2 aromatic carbocycles. The number of aryl methyl sites for hydroxylation is 1. The molecule has 1 unspecified atom stereocenters. The number of ether oxygens (including phenoxy) is 1. The third kappa shape index (κ3) is 3.98. The van der Waals surface area contributed by atoms with Gasteiger partial charge in [0.15, 0.2) is 0 Å². The van der Waals surface area contributed by atoms with E-state index in [0.717, 1.165) is 56.1 Å². The highest BCUT2D eigenvalue weighted by atomic mass is 16.5. The molecule has 1 saturated heterocycles. The summed E-state index contributed by atoms with van der Waals surface area (Å²) in [5.74, 6) is 0.982. The van der Waals surface area contributed by atoms with E-state index < -0.39 is 0 Å². The van der Waals surface area contributed by atoms with Crippen LogP contribution in [0.3, 0.4) is 0 Å². The van der Waals surface area contributed by atoms with Gasteiger partial charge in [-0.3, -0.25) is 4.90 Å². The van der Waals surface area contributed by atoms with Crippen LogP contribution in [0.2, 0.25) is 0 Å². The van der Waals surface area contributed by atoms with Crippen molar-refractivity contribution in [2.24, 2.45) is 0 Å². The van der Waals surface area contributed by atoms with Crippen LogP contribution in [0.1, 0.15) is 22.9 Å².